The average molecular weight is 286 g/mol. The van der Waals surface area contributed by atoms with Crippen LogP contribution in [0.4, 0.5) is 0 Å². The van der Waals surface area contributed by atoms with Crippen LogP contribution in [0.2, 0.25) is 0 Å². The van der Waals surface area contributed by atoms with Gasteiger partial charge in [-0.1, -0.05) is 36.8 Å². The van der Waals surface area contributed by atoms with E-state index in [1.807, 2.05) is 0 Å². The highest BCUT2D eigenvalue weighted by Gasteiger charge is 2.20. The molecule has 2 fully saturated rings. The molecule has 0 spiro atoms. The highest BCUT2D eigenvalue weighted by molar-refractivity contribution is 5.15. The lowest BCUT2D eigenvalue weighted by atomic mass is 9.90. The van der Waals surface area contributed by atoms with E-state index < -0.39 is 0 Å². The predicted octanol–water partition coefficient (Wildman–Crippen LogP) is 3.47. The molecule has 2 aliphatic heterocycles. The second-order valence-electron chi connectivity index (χ2n) is 6.91. The third kappa shape index (κ3) is 4.82. The SMILES string of the molecule is c1ccc(CC2CCN(CCC3CCCCN3)CC2)cc1. The van der Waals surface area contributed by atoms with E-state index in [1.54, 1.807) is 0 Å². The second kappa shape index (κ2) is 7.95. The van der Waals surface area contributed by atoms with E-state index in [9.17, 15) is 0 Å². The summed E-state index contributed by atoms with van der Waals surface area (Å²) in [5, 5.41) is 3.67. The molecule has 0 radical (unpaired) electrons. The van der Waals surface area contributed by atoms with E-state index in [0.29, 0.717) is 0 Å². The second-order valence-corrected chi connectivity index (χ2v) is 6.91. The molecule has 1 unspecified atom stereocenters. The Hall–Kier alpha value is -0.860. The van der Waals surface area contributed by atoms with Crippen LogP contribution in [-0.2, 0) is 6.42 Å². The number of nitrogens with zero attached hydrogens (tertiary/aromatic N) is 1. The van der Waals surface area contributed by atoms with Crippen LogP contribution >= 0.6 is 0 Å². The molecule has 2 nitrogen and oxygen atoms in total. The molecule has 21 heavy (non-hydrogen) atoms. The van der Waals surface area contributed by atoms with Crippen LogP contribution in [0.3, 0.4) is 0 Å². The number of benzene rings is 1. The molecule has 2 heteroatoms. The van der Waals surface area contributed by atoms with Crippen LogP contribution in [0.25, 0.3) is 0 Å². The normalized spacial score (nSPS) is 25.0. The molecule has 0 aliphatic carbocycles. The highest BCUT2D eigenvalue weighted by Crippen LogP contribution is 2.22. The lowest BCUT2D eigenvalue weighted by Gasteiger charge is -2.33. The maximum absolute atomic E-state index is 3.67. The summed E-state index contributed by atoms with van der Waals surface area (Å²) in [6.07, 6.45) is 9.59. The van der Waals surface area contributed by atoms with Crippen LogP contribution < -0.4 is 5.32 Å². The van der Waals surface area contributed by atoms with Gasteiger partial charge in [0.25, 0.3) is 0 Å². The summed E-state index contributed by atoms with van der Waals surface area (Å²) in [5.41, 5.74) is 1.52. The summed E-state index contributed by atoms with van der Waals surface area (Å²) in [4.78, 5) is 2.69. The first-order valence-electron chi connectivity index (χ1n) is 8.90. The Morgan fingerprint density at radius 3 is 2.52 bits per heavy atom. The predicted molar refractivity (Wildman–Crippen MR) is 89.6 cm³/mol. The van der Waals surface area contributed by atoms with Gasteiger partial charge in [0.15, 0.2) is 0 Å². The molecule has 1 atom stereocenters. The van der Waals surface area contributed by atoms with Gasteiger partial charge in [-0.3, -0.25) is 0 Å². The quantitative estimate of drug-likeness (QED) is 0.891. The Kier molecular flexibility index (Phi) is 5.70. The topological polar surface area (TPSA) is 15.3 Å². The van der Waals surface area contributed by atoms with Crippen molar-refractivity contribution in [2.75, 3.05) is 26.2 Å². The van der Waals surface area contributed by atoms with Crippen LogP contribution in [0.1, 0.15) is 44.1 Å². The van der Waals surface area contributed by atoms with E-state index in [0.717, 1.165) is 12.0 Å². The van der Waals surface area contributed by atoms with E-state index in [1.165, 1.54) is 76.7 Å². The standard InChI is InChI=1S/C19H30N2/c1-2-6-17(7-3-1)16-18-9-13-21(14-10-18)15-11-19-8-4-5-12-20-19/h1-3,6-7,18-20H,4-5,8-16H2. The van der Waals surface area contributed by atoms with Gasteiger partial charge in [0.1, 0.15) is 0 Å². The third-order valence-corrected chi connectivity index (χ3v) is 5.28. The van der Waals surface area contributed by atoms with Gasteiger partial charge in [-0.05, 0) is 76.2 Å². The van der Waals surface area contributed by atoms with Gasteiger partial charge in [0.2, 0.25) is 0 Å². The van der Waals surface area contributed by atoms with Crippen molar-refractivity contribution < 1.29 is 0 Å². The van der Waals surface area contributed by atoms with Gasteiger partial charge in [-0.2, -0.15) is 0 Å². The highest BCUT2D eigenvalue weighted by atomic mass is 15.1. The Morgan fingerprint density at radius 2 is 1.81 bits per heavy atom. The van der Waals surface area contributed by atoms with E-state index in [2.05, 4.69) is 40.5 Å². The number of nitrogens with one attached hydrogen (secondary N) is 1. The molecule has 1 N–H and O–H groups in total. The first-order valence-corrected chi connectivity index (χ1v) is 8.90. The van der Waals surface area contributed by atoms with Gasteiger partial charge >= 0.3 is 0 Å². The maximum atomic E-state index is 3.67. The average Bonchev–Trinajstić information content (AvgIpc) is 2.56. The fraction of sp³-hybridized carbons (Fsp3) is 0.684. The van der Waals surface area contributed by atoms with E-state index in [4.69, 9.17) is 0 Å². The molecule has 0 bridgehead atoms. The smallest absolute Gasteiger partial charge is 0.00792 e. The molecule has 1 aromatic rings. The van der Waals surface area contributed by atoms with Gasteiger partial charge in [0.05, 0.1) is 0 Å². The van der Waals surface area contributed by atoms with Gasteiger partial charge in [0, 0.05) is 6.04 Å². The first kappa shape index (κ1) is 15.1. The Balaban J connectivity index is 1.35. The molecule has 2 aliphatic rings. The third-order valence-electron chi connectivity index (χ3n) is 5.28. The fourth-order valence-corrected chi connectivity index (χ4v) is 3.87. The summed E-state index contributed by atoms with van der Waals surface area (Å²) in [5.74, 6) is 0.899. The zero-order valence-corrected chi connectivity index (χ0v) is 13.3. The monoisotopic (exact) mass is 286 g/mol. The minimum Gasteiger partial charge on any atom is -0.314 e. The van der Waals surface area contributed by atoms with E-state index >= 15 is 0 Å². The molecule has 2 saturated heterocycles. The Bertz CT molecular complexity index is 389. The molecule has 0 amide bonds. The van der Waals surface area contributed by atoms with Crippen molar-refractivity contribution in [2.24, 2.45) is 5.92 Å². The van der Waals surface area contributed by atoms with Gasteiger partial charge < -0.3 is 10.2 Å². The summed E-state index contributed by atoms with van der Waals surface area (Å²) >= 11 is 0. The van der Waals surface area contributed by atoms with E-state index in [-0.39, 0.29) is 0 Å². The largest absolute Gasteiger partial charge is 0.314 e. The number of piperidine rings is 2. The molecule has 0 aromatic heterocycles. The van der Waals surface area contributed by atoms with Gasteiger partial charge in [-0.25, -0.2) is 0 Å². The van der Waals surface area contributed by atoms with Gasteiger partial charge in [-0.15, -0.1) is 0 Å². The molecule has 3 rings (SSSR count). The maximum Gasteiger partial charge on any atom is 0.00792 e. The minimum absolute atomic E-state index is 0.792. The number of rotatable bonds is 5. The van der Waals surface area contributed by atoms with Crippen molar-refractivity contribution in [1.29, 1.82) is 0 Å². The molecule has 0 saturated carbocycles. The van der Waals surface area contributed by atoms with Crippen LogP contribution in [-0.4, -0.2) is 37.1 Å². The minimum atomic E-state index is 0.792. The molecule has 116 valence electrons. The molecule has 2 heterocycles. The fourth-order valence-electron chi connectivity index (χ4n) is 3.87. The summed E-state index contributed by atoms with van der Waals surface area (Å²) < 4.78 is 0. The van der Waals surface area contributed by atoms with Crippen molar-refractivity contribution in [3.05, 3.63) is 35.9 Å². The zero-order valence-electron chi connectivity index (χ0n) is 13.3. The zero-order chi connectivity index (χ0) is 14.3. The van der Waals surface area contributed by atoms with Crippen molar-refractivity contribution in [3.8, 4) is 0 Å². The molecular formula is C19H30N2. The lowest BCUT2D eigenvalue weighted by Crippen LogP contribution is -2.40. The van der Waals surface area contributed by atoms with Crippen molar-refractivity contribution in [2.45, 2.75) is 51.0 Å². The number of hydrogen-bond donors (Lipinski definition) is 1. The molecular weight excluding hydrogens is 256 g/mol. The lowest BCUT2D eigenvalue weighted by molar-refractivity contribution is 0.173. The van der Waals surface area contributed by atoms with Crippen molar-refractivity contribution in [3.63, 3.8) is 0 Å². The van der Waals surface area contributed by atoms with Crippen LogP contribution in [0.5, 0.6) is 0 Å². The van der Waals surface area contributed by atoms with Crippen LogP contribution in [0, 0.1) is 5.92 Å². The van der Waals surface area contributed by atoms with Crippen LogP contribution in [0.15, 0.2) is 30.3 Å². The summed E-state index contributed by atoms with van der Waals surface area (Å²) in [6, 6.07) is 11.8. The Morgan fingerprint density at radius 1 is 1.00 bits per heavy atom. The number of likely N-dealkylation sites (tertiary alicyclic amines) is 1. The summed E-state index contributed by atoms with van der Waals surface area (Å²) in [7, 11) is 0. The molecule has 1 aromatic carbocycles. The summed E-state index contributed by atoms with van der Waals surface area (Å²) in [6.45, 7) is 5.16. The van der Waals surface area contributed by atoms with Crippen molar-refractivity contribution >= 4 is 0 Å². The first-order chi connectivity index (χ1) is 10.4. The number of hydrogen-bond acceptors (Lipinski definition) is 2. The Labute approximate surface area is 129 Å². The van der Waals surface area contributed by atoms with Crippen molar-refractivity contribution in [1.82, 2.24) is 10.2 Å².